The molecule has 3 heterocycles. The lowest BCUT2D eigenvalue weighted by atomic mass is 10.1. The number of carbonyl (C=O) groups excluding carboxylic acids is 2. The highest BCUT2D eigenvalue weighted by Crippen LogP contribution is 2.28. The second-order valence-electron chi connectivity index (χ2n) is 6.53. The van der Waals surface area contributed by atoms with Gasteiger partial charge in [-0.15, -0.1) is 0 Å². The molecule has 1 aromatic carbocycles. The number of anilines is 1. The molecule has 0 atom stereocenters. The Hall–Kier alpha value is -4.25. The molecule has 0 aliphatic rings. The number of carbonyl (C=O) groups is 2. The topological polar surface area (TPSA) is 151 Å². The standard InChI is InChI=1S/C20H13ClN4O7/c1-10-18-12(8-15(16-3-2-6-30-16)23-19(18)32-24-10)20(27)31-9-17(26)22-14-7-11(25(28)29)4-5-13(14)21/h2-8H,9H2,1H3,(H,22,26). The summed E-state index contributed by atoms with van der Waals surface area (Å²) in [6, 6.07) is 8.34. The molecule has 0 radical (unpaired) electrons. The van der Waals surface area contributed by atoms with Crippen LogP contribution in [0.4, 0.5) is 11.4 Å². The maximum atomic E-state index is 12.8. The van der Waals surface area contributed by atoms with Crippen LogP contribution in [0.3, 0.4) is 0 Å². The van der Waals surface area contributed by atoms with E-state index in [9.17, 15) is 19.7 Å². The number of pyridine rings is 1. The van der Waals surface area contributed by atoms with E-state index in [4.69, 9.17) is 25.3 Å². The molecule has 0 saturated heterocycles. The first kappa shape index (κ1) is 21.0. The van der Waals surface area contributed by atoms with Gasteiger partial charge < -0.3 is 19.0 Å². The van der Waals surface area contributed by atoms with Crippen molar-refractivity contribution in [3.8, 4) is 11.5 Å². The van der Waals surface area contributed by atoms with Crippen LogP contribution in [0.5, 0.6) is 0 Å². The Morgan fingerprint density at radius 3 is 2.81 bits per heavy atom. The highest BCUT2D eigenvalue weighted by molar-refractivity contribution is 6.33. The summed E-state index contributed by atoms with van der Waals surface area (Å²) >= 11 is 5.96. The lowest BCUT2D eigenvalue weighted by Crippen LogP contribution is -2.21. The number of aromatic nitrogens is 2. The van der Waals surface area contributed by atoms with Crippen LogP contribution in [0.25, 0.3) is 22.6 Å². The molecule has 0 aliphatic heterocycles. The second-order valence-corrected chi connectivity index (χ2v) is 6.93. The van der Waals surface area contributed by atoms with Crippen LogP contribution in [-0.2, 0) is 9.53 Å². The van der Waals surface area contributed by atoms with Crippen molar-refractivity contribution >= 4 is 46.0 Å². The molecular formula is C20H13ClN4O7. The number of amides is 1. The first-order chi connectivity index (χ1) is 15.3. The van der Waals surface area contributed by atoms with Gasteiger partial charge in [-0.25, -0.2) is 9.78 Å². The van der Waals surface area contributed by atoms with E-state index in [2.05, 4.69) is 15.5 Å². The third-order valence-electron chi connectivity index (χ3n) is 4.38. The van der Waals surface area contributed by atoms with Gasteiger partial charge in [0.05, 0.1) is 38.5 Å². The van der Waals surface area contributed by atoms with Gasteiger partial charge in [0, 0.05) is 12.1 Å². The third-order valence-corrected chi connectivity index (χ3v) is 4.71. The van der Waals surface area contributed by atoms with Crippen LogP contribution >= 0.6 is 11.6 Å². The number of hydrogen-bond donors (Lipinski definition) is 1. The summed E-state index contributed by atoms with van der Waals surface area (Å²) in [5.41, 5.74) is 0.687. The van der Waals surface area contributed by atoms with Crippen molar-refractivity contribution in [1.29, 1.82) is 0 Å². The summed E-state index contributed by atoms with van der Waals surface area (Å²) in [6.07, 6.45) is 1.45. The maximum absolute atomic E-state index is 12.8. The van der Waals surface area contributed by atoms with Gasteiger partial charge in [0.1, 0.15) is 5.69 Å². The number of rotatable bonds is 6. The molecule has 4 rings (SSSR count). The monoisotopic (exact) mass is 456 g/mol. The fourth-order valence-corrected chi connectivity index (χ4v) is 3.09. The van der Waals surface area contributed by atoms with E-state index >= 15 is 0 Å². The molecule has 0 saturated carbocycles. The van der Waals surface area contributed by atoms with Gasteiger partial charge in [-0.1, -0.05) is 16.8 Å². The zero-order chi connectivity index (χ0) is 22.8. The minimum atomic E-state index is -0.822. The van der Waals surface area contributed by atoms with Crippen molar-refractivity contribution in [2.75, 3.05) is 11.9 Å². The van der Waals surface area contributed by atoms with Gasteiger partial charge in [0.2, 0.25) is 0 Å². The molecule has 32 heavy (non-hydrogen) atoms. The van der Waals surface area contributed by atoms with Crippen LogP contribution in [0.15, 0.2) is 51.6 Å². The molecule has 0 bridgehead atoms. The zero-order valence-corrected chi connectivity index (χ0v) is 17.1. The van der Waals surface area contributed by atoms with E-state index in [-0.39, 0.29) is 27.7 Å². The van der Waals surface area contributed by atoms with Crippen LogP contribution < -0.4 is 5.32 Å². The van der Waals surface area contributed by atoms with E-state index in [1.807, 2.05) is 0 Å². The maximum Gasteiger partial charge on any atom is 0.339 e. The summed E-state index contributed by atoms with van der Waals surface area (Å²) in [6.45, 7) is 0.968. The first-order valence-electron chi connectivity index (χ1n) is 9.05. The van der Waals surface area contributed by atoms with Crippen LogP contribution in [0.2, 0.25) is 5.02 Å². The number of nitrogens with one attached hydrogen (secondary N) is 1. The lowest BCUT2D eigenvalue weighted by molar-refractivity contribution is -0.384. The molecule has 4 aromatic rings. The van der Waals surface area contributed by atoms with Gasteiger partial charge in [0.25, 0.3) is 17.3 Å². The van der Waals surface area contributed by atoms with Crippen LogP contribution in [-0.4, -0.2) is 33.5 Å². The molecule has 3 aromatic heterocycles. The number of fused-ring (bicyclic) bond motifs is 1. The van der Waals surface area contributed by atoms with Gasteiger partial charge >= 0.3 is 5.97 Å². The van der Waals surface area contributed by atoms with Crippen molar-refractivity contribution in [3.05, 3.63) is 69.1 Å². The van der Waals surface area contributed by atoms with Crippen molar-refractivity contribution in [3.63, 3.8) is 0 Å². The summed E-state index contributed by atoms with van der Waals surface area (Å²) in [5, 5.41) is 17.5. The van der Waals surface area contributed by atoms with Crippen LogP contribution in [0.1, 0.15) is 16.1 Å². The largest absolute Gasteiger partial charge is 0.463 e. The van der Waals surface area contributed by atoms with E-state index in [1.54, 1.807) is 19.1 Å². The number of halogens is 1. The Labute approximate surface area is 184 Å². The molecule has 12 heteroatoms. The van der Waals surface area contributed by atoms with Crippen molar-refractivity contribution in [2.24, 2.45) is 0 Å². The number of benzene rings is 1. The first-order valence-corrected chi connectivity index (χ1v) is 9.43. The second kappa shape index (κ2) is 8.47. The number of ether oxygens (including phenoxy) is 1. The average Bonchev–Trinajstić information content (AvgIpc) is 3.43. The molecule has 1 N–H and O–H groups in total. The predicted molar refractivity (Wildman–Crippen MR) is 111 cm³/mol. The number of nitrogens with zero attached hydrogens (tertiary/aromatic N) is 3. The highest BCUT2D eigenvalue weighted by atomic mass is 35.5. The average molecular weight is 457 g/mol. The Morgan fingerprint density at radius 2 is 2.09 bits per heavy atom. The van der Waals surface area contributed by atoms with Gasteiger partial charge in [0.15, 0.2) is 12.4 Å². The van der Waals surface area contributed by atoms with Crippen molar-refractivity contribution in [2.45, 2.75) is 6.92 Å². The number of furan rings is 1. The Morgan fingerprint density at radius 1 is 1.28 bits per heavy atom. The van der Waals surface area contributed by atoms with Crippen molar-refractivity contribution in [1.82, 2.24) is 10.1 Å². The molecule has 0 spiro atoms. The number of aryl methyl sites for hydroxylation is 1. The van der Waals surface area contributed by atoms with Gasteiger partial charge in [-0.05, 0) is 31.2 Å². The number of nitro groups is 1. The van der Waals surface area contributed by atoms with Gasteiger partial charge in [-0.3, -0.25) is 14.9 Å². The number of esters is 1. The van der Waals surface area contributed by atoms with Crippen LogP contribution in [0, 0.1) is 17.0 Å². The van der Waals surface area contributed by atoms with E-state index < -0.39 is 23.4 Å². The predicted octanol–water partition coefficient (Wildman–Crippen LogP) is 4.15. The molecule has 162 valence electrons. The minimum absolute atomic E-state index is 0.0169. The lowest BCUT2D eigenvalue weighted by Gasteiger charge is -2.09. The summed E-state index contributed by atoms with van der Waals surface area (Å²) in [4.78, 5) is 39.6. The SMILES string of the molecule is Cc1noc2nc(-c3ccco3)cc(C(=O)OCC(=O)Nc3cc([N+](=O)[O-])ccc3Cl)c12. The fraction of sp³-hybridized carbons (Fsp3) is 0.100. The minimum Gasteiger partial charge on any atom is -0.463 e. The molecule has 1 amide bonds. The molecular weight excluding hydrogens is 444 g/mol. The zero-order valence-electron chi connectivity index (χ0n) is 16.3. The van der Waals surface area contributed by atoms with E-state index in [0.717, 1.165) is 6.07 Å². The van der Waals surface area contributed by atoms with Gasteiger partial charge in [-0.2, -0.15) is 0 Å². The summed E-state index contributed by atoms with van der Waals surface area (Å²) in [7, 11) is 0. The molecule has 0 aliphatic carbocycles. The molecule has 0 fully saturated rings. The highest BCUT2D eigenvalue weighted by Gasteiger charge is 2.22. The number of hydrogen-bond acceptors (Lipinski definition) is 9. The normalized spacial score (nSPS) is 10.8. The number of non-ortho nitro benzene ring substituents is 1. The smallest absolute Gasteiger partial charge is 0.339 e. The fourth-order valence-electron chi connectivity index (χ4n) is 2.92. The summed E-state index contributed by atoms with van der Waals surface area (Å²) < 4.78 is 15.6. The molecule has 11 nitrogen and oxygen atoms in total. The molecule has 0 unspecified atom stereocenters. The summed E-state index contributed by atoms with van der Waals surface area (Å²) in [5.74, 6) is -1.16. The number of nitro benzene ring substituents is 1. The Bertz CT molecular complexity index is 1350. The van der Waals surface area contributed by atoms with Crippen molar-refractivity contribution < 1.29 is 28.2 Å². The van der Waals surface area contributed by atoms with E-state index in [0.29, 0.717) is 22.5 Å². The Balaban J connectivity index is 1.53. The third kappa shape index (κ3) is 4.14. The quantitative estimate of drug-likeness (QED) is 0.256. The Kier molecular flexibility index (Phi) is 5.56. The van der Waals surface area contributed by atoms with E-state index in [1.165, 1.54) is 24.5 Å².